The van der Waals surface area contributed by atoms with Crippen LogP contribution in [-0.2, 0) is 5.38 Å². The van der Waals surface area contributed by atoms with Gasteiger partial charge in [-0.25, -0.2) is 0 Å². The van der Waals surface area contributed by atoms with E-state index in [2.05, 4.69) is 0 Å². The number of aryl methyl sites for hydroxylation is 1. The molecule has 84 valence electrons. The highest BCUT2D eigenvalue weighted by molar-refractivity contribution is 6.21. The highest BCUT2D eigenvalue weighted by Gasteiger charge is 2.32. The molecule has 0 saturated heterocycles. The van der Waals surface area contributed by atoms with Crippen LogP contribution in [0.1, 0.15) is 11.3 Å². The number of benzene rings is 1. The number of alkyl halides is 3. The van der Waals surface area contributed by atoms with Crippen molar-refractivity contribution in [1.29, 1.82) is 0 Å². The molecule has 2 aromatic rings. The summed E-state index contributed by atoms with van der Waals surface area (Å²) in [7, 11) is 0. The Morgan fingerprint density at radius 3 is 2.62 bits per heavy atom. The molecule has 1 heterocycles. The second-order valence-electron chi connectivity index (χ2n) is 3.47. The molecular formula is C11H7ClF2O2. The monoisotopic (exact) mass is 244 g/mol. The van der Waals surface area contributed by atoms with Crippen LogP contribution in [0.15, 0.2) is 33.5 Å². The summed E-state index contributed by atoms with van der Waals surface area (Å²) in [5, 5.41) is -3.40. The van der Waals surface area contributed by atoms with Gasteiger partial charge in [0.1, 0.15) is 5.58 Å². The van der Waals surface area contributed by atoms with Crippen LogP contribution in [0.3, 0.4) is 0 Å². The van der Waals surface area contributed by atoms with Crippen LogP contribution in [0.5, 0.6) is 0 Å². The van der Waals surface area contributed by atoms with Crippen molar-refractivity contribution < 1.29 is 13.2 Å². The molecule has 0 aliphatic carbocycles. The van der Waals surface area contributed by atoms with E-state index in [-0.39, 0.29) is 11.0 Å². The van der Waals surface area contributed by atoms with Crippen LogP contribution < -0.4 is 5.43 Å². The zero-order valence-electron chi connectivity index (χ0n) is 8.26. The third-order valence-electron chi connectivity index (χ3n) is 2.16. The van der Waals surface area contributed by atoms with Crippen LogP contribution in [0, 0.1) is 6.92 Å². The van der Waals surface area contributed by atoms with Crippen molar-refractivity contribution in [1.82, 2.24) is 0 Å². The minimum Gasteiger partial charge on any atom is -0.453 e. The van der Waals surface area contributed by atoms with Crippen LogP contribution >= 0.6 is 11.6 Å². The molecule has 0 aliphatic rings. The molecule has 0 spiro atoms. The molecular weight excluding hydrogens is 238 g/mol. The molecule has 0 unspecified atom stereocenters. The number of halogens is 3. The topological polar surface area (TPSA) is 30.2 Å². The maximum absolute atomic E-state index is 12.8. The van der Waals surface area contributed by atoms with E-state index in [1.165, 1.54) is 6.07 Å². The second kappa shape index (κ2) is 3.56. The Morgan fingerprint density at radius 2 is 2.00 bits per heavy atom. The first kappa shape index (κ1) is 11.1. The van der Waals surface area contributed by atoms with E-state index in [4.69, 9.17) is 16.0 Å². The predicted octanol–water partition coefficient (Wildman–Crippen LogP) is 3.39. The van der Waals surface area contributed by atoms with Gasteiger partial charge in [0.25, 0.3) is 0 Å². The second-order valence-corrected chi connectivity index (χ2v) is 3.95. The fraction of sp³-hybridized carbons (Fsp3) is 0.182. The Hall–Kier alpha value is -1.42. The van der Waals surface area contributed by atoms with Crippen molar-refractivity contribution in [3.8, 4) is 0 Å². The van der Waals surface area contributed by atoms with Crippen molar-refractivity contribution >= 4 is 22.6 Å². The van der Waals surface area contributed by atoms with E-state index in [1.54, 1.807) is 19.1 Å². The van der Waals surface area contributed by atoms with Crippen LogP contribution in [0.4, 0.5) is 8.78 Å². The molecule has 2 rings (SSSR count). The van der Waals surface area contributed by atoms with Crippen molar-refractivity contribution in [2.24, 2.45) is 0 Å². The van der Waals surface area contributed by atoms with Gasteiger partial charge in [-0.3, -0.25) is 4.79 Å². The highest BCUT2D eigenvalue weighted by Crippen LogP contribution is 2.32. The summed E-state index contributed by atoms with van der Waals surface area (Å²) in [5.74, 6) is -0.837. The minimum absolute atomic E-state index is 0.105. The largest absolute Gasteiger partial charge is 0.453 e. The molecule has 1 aromatic carbocycles. The van der Waals surface area contributed by atoms with Gasteiger partial charge in [0, 0.05) is 6.07 Å². The number of fused-ring (bicyclic) bond motifs is 1. The van der Waals surface area contributed by atoms with Crippen LogP contribution in [-0.4, -0.2) is 0 Å². The third-order valence-corrected chi connectivity index (χ3v) is 2.35. The van der Waals surface area contributed by atoms with E-state index < -0.39 is 16.6 Å². The van der Waals surface area contributed by atoms with Gasteiger partial charge >= 0.3 is 5.38 Å². The summed E-state index contributed by atoms with van der Waals surface area (Å²) < 4.78 is 30.4. The van der Waals surface area contributed by atoms with Gasteiger partial charge in [-0.05, 0) is 30.7 Å². The highest BCUT2D eigenvalue weighted by atomic mass is 35.5. The van der Waals surface area contributed by atoms with E-state index in [9.17, 15) is 13.6 Å². The molecule has 0 N–H and O–H groups in total. The lowest BCUT2D eigenvalue weighted by Gasteiger charge is -2.07. The van der Waals surface area contributed by atoms with Gasteiger partial charge in [0.05, 0.1) is 5.39 Å². The van der Waals surface area contributed by atoms with Crippen molar-refractivity contribution in [3.05, 3.63) is 45.8 Å². The SMILES string of the molecule is Cc1ccc2oc(C(F)(F)Cl)cc(=O)c2c1. The standard InChI is InChI=1S/C11H7ClF2O2/c1-6-2-3-9-7(4-6)8(15)5-10(16-9)11(12,13)14/h2-5H,1H3. The third kappa shape index (κ3) is 1.93. The summed E-state index contributed by atoms with van der Waals surface area (Å²) in [4.78, 5) is 11.5. The molecule has 0 bridgehead atoms. The number of rotatable bonds is 1. The van der Waals surface area contributed by atoms with Crippen molar-refractivity contribution in [3.63, 3.8) is 0 Å². The lowest BCUT2D eigenvalue weighted by molar-refractivity contribution is 0.0689. The Labute approximate surface area is 94.4 Å². The summed E-state index contributed by atoms with van der Waals surface area (Å²) in [6.45, 7) is 1.79. The molecule has 0 amide bonds. The van der Waals surface area contributed by atoms with E-state index in [1.807, 2.05) is 0 Å². The Kier molecular flexibility index (Phi) is 2.46. The molecule has 2 nitrogen and oxygen atoms in total. The van der Waals surface area contributed by atoms with E-state index in [0.29, 0.717) is 0 Å². The smallest absolute Gasteiger partial charge is 0.379 e. The summed E-state index contributed by atoms with van der Waals surface area (Å²) in [6.07, 6.45) is 0. The zero-order valence-corrected chi connectivity index (χ0v) is 9.02. The van der Waals surface area contributed by atoms with Gasteiger partial charge in [0.15, 0.2) is 11.2 Å². The van der Waals surface area contributed by atoms with E-state index in [0.717, 1.165) is 11.6 Å². The molecule has 16 heavy (non-hydrogen) atoms. The lowest BCUT2D eigenvalue weighted by atomic mass is 10.1. The normalized spacial score (nSPS) is 12.0. The summed E-state index contributed by atoms with van der Waals surface area (Å²) in [6, 6.07) is 5.44. The zero-order chi connectivity index (χ0) is 11.9. The molecule has 0 aliphatic heterocycles. The number of hydrogen-bond acceptors (Lipinski definition) is 2. The first-order valence-electron chi connectivity index (χ1n) is 4.49. The van der Waals surface area contributed by atoms with Crippen molar-refractivity contribution in [2.45, 2.75) is 12.3 Å². The van der Waals surface area contributed by atoms with Crippen LogP contribution in [0.25, 0.3) is 11.0 Å². The maximum atomic E-state index is 12.8. The average Bonchev–Trinajstić information content (AvgIpc) is 2.17. The van der Waals surface area contributed by atoms with Gasteiger partial charge in [0.2, 0.25) is 0 Å². The van der Waals surface area contributed by atoms with Crippen molar-refractivity contribution in [2.75, 3.05) is 0 Å². The van der Waals surface area contributed by atoms with Gasteiger partial charge in [-0.15, -0.1) is 0 Å². The Bertz CT molecular complexity index is 599. The molecule has 5 heteroatoms. The summed E-state index contributed by atoms with van der Waals surface area (Å²) >= 11 is 4.80. The van der Waals surface area contributed by atoms with Gasteiger partial charge in [-0.1, -0.05) is 11.6 Å². The molecule has 0 atom stereocenters. The average molecular weight is 245 g/mol. The fourth-order valence-electron chi connectivity index (χ4n) is 1.41. The minimum atomic E-state index is -3.67. The fourth-order valence-corrected chi connectivity index (χ4v) is 1.50. The molecule has 1 aromatic heterocycles. The molecule has 0 saturated carbocycles. The van der Waals surface area contributed by atoms with Crippen LogP contribution in [0.2, 0.25) is 0 Å². The Morgan fingerprint density at radius 1 is 1.31 bits per heavy atom. The lowest BCUT2D eigenvalue weighted by Crippen LogP contribution is -2.09. The first-order valence-corrected chi connectivity index (χ1v) is 4.87. The maximum Gasteiger partial charge on any atom is 0.379 e. The van der Waals surface area contributed by atoms with Gasteiger partial charge in [-0.2, -0.15) is 8.78 Å². The quantitative estimate of drug-likeness (QED) is 0.720. The molecule has 0 fully saturated rings. The number of hydrogen-bond donors (Lipinski definition) is 0. The van der Waals surface area contributed by atoms with E-state index >= 15 is 0 Å². The molecule has 0 radical (unpaired) electrons. The summed E-state index contributed by atoms with van der Waals surface area (Å²) in [5.41, 5.74) is 0.430. The first-order chi connectivity index (χ1) is 7.38. The predicted molar refractivity (Wildman–Crippen MR) is 57.0 cm³/mol. The Balaban J connectivity index is 2.79. The van der Waals surface area contributed by atoms with Gasteiger partial charge < -0.3 is 4.42 Å².